The molecule has 56 heavy (non-hydrogen) atoms. The van der Waals surface area contributed by atoms with E-state index >= 15 is 0 Å². The summed E-state index contributed by atoms with van der Waals surface area (Å²) in [4.78, 5) is 0. The van der Waals surface area contributed by atoms with E-state index in [1.165, 1.54) is 0 Å². The molecular weight excluding hydrogens is 689 g/mol. The van der Waals surface area contributed by atoms with Crippen LogP contribution in [0, 0.1) is 22.7 Å². The number of fused-ring (bicyclic) bond motifs is 12. The predicted octanol–water partition coefficient (Wildman–Crippen LogP) is 13.1. The Labute approximate surface area is 318 Å². The van der Waals surface area contributed by atoms with E-state index in [1.807, 2.05) is 60.7 Å². The van der Waals surface area contributed by atoms with Crippen molar-refractivity contribution in [2.75, 3.05) is 0 Å². The normalized spacial score (nSPS) is 11.9. The van der Waals surface area contributed by atoms with Crippen molar-refractivity contribution >= 4 is 87.5 Å². The second-order valence-corrected chi connectivity index (χ2v) is 14.3. The van der Waals surface area contributed by atoms with Crippen molar-refractivity contribution in [2.45, 2.75) is 0 Å². The molecule has 6 nitrogen and oxygen atoms in total. The van der Waals surface area contributed by atoms with Crippen LogP contribution < -0.4 is 0 Å². The molecule has 0 spiro atoms. The van der Waals surface area contributed by atoms with Gasteiger partial charge in [-0.15, -0.1) is 0 Å². The molecule has 0 aliphatic carbocycles. The van der Waals surface area contributed by atoms with E-state index in [9.17, 15) is 10.5 Å². The molecule has 8 aromatic carbocycles. The van der Waals surface area contributed by atoms with Gasteiger partial charge in [-0.1, -0.05) is 97.1 Å². The molecule has 12 aromatic rings. The quantitative estimate of drug-likeness (QED) is 0.182. The molecule has 0 saturated carbocycles. The van der Waals surface area contributed by atoms with Gasteiger partial charge >= 0.3 is 0 Å². The summed E-state index contributed by atoms with van der Waals surface area (Å²) in [5.41, 5.74) is 11.2. The maximum atomic E-state index is 11.0. The molecule has 0 aliphatic heterocycles. The van der Waals surface area contributed by atoms with Crippen molar-refractivity contribution in [3.63, 3.8) is 0 Å². The third-order valence-electron chi connectivity index (χ3n) is 11.4. The number of para-hydroxylation sites is 5. The van der Waals surface area contributed by atoms with Crippen LogP contribution in [0.25, 0.3) is 110 Å². The van der Waals surface area contributed by atoms with Gasteiger partial charge in [0.05, 0.1) is 44.6 Å². The lowest BCUT2D eigenvalue weighted by Gasteiger charge is -2.20. The van der Waals surface area contributed by atoms with Crippen LogP contribution in [0.2, 0.25) is 0 Å². The molecule has 0 saturated heterocycles. The smallest absolute Gasteiger partial charge is 0.136 e. The number of furan rings is 2. The SMILES string of the molecule is N#Cc1ccc(-c2ccccc2-n2c3ccccc3c3cc4oc5ccccc5c4cc32)c(-n2c3ccccc3c3cc4oc5ccccc5c4cc32)c1C#N. The average molecular weight is 715 g/mol. The van der Waals surface area contributed by atoms with E-state index in [2.05, 4.69) is 112 Å². The van der Waals surface area contributed by atoms with Gasteiger partial charge in [0.2, 0.25) is 0 Å². The van der Waals surface area contributed by atoms with Gasteiger partial charge in [0.25, 0.3) is 0 Å². The summed E-state index contributed by atoms with van der Waals surface area (Å²) < 4.78 is 17.2. The van der Waals surface area contributed by atoms with Gasteiger partial charge in [-0.3, -0.25) is 0 Å². The zero-order valence-electron chi connectivity index (χ0n) is 29.6. The molecule has 0 aliphatic rings. The summed E-state index contributed by atoms with van der Waals surface area (Å²) in [6, 6.07) is 58.5. The maximum Gasteiger partial charge on any atom is 0.136 e. The number of rotatable bonds is 3. The Hall–Kier alpha value is -8.06. The van der Waals surface area contributed by atoms with Crippen molar-refractivity contribution in [1.29, 1.82) is 10.5 Å². The van der Waals surface area contributed by atoms with Crippen molar-refractivity contribution in [2.24, 2.45) is 0 Å². The summed E-state index contributed by atoms with van der Waals surface area (Å²) in [6.45, 7) is 0. The van der Waals surface area contributed by atoms with E-state index in [0.29, 0.717) is 16.8 Å². The highest BCUT2D eigenvalue weighted by atomic mass is 16.3. The third-order valence-corrected chi connectivity index (χ3v) is 11.4. The summed E-state index contributed by atoms with van der Waals surface area (Å²) in [6.07, 6.45) is 0. The molecular formula is C50H26N4O2. The standard InChI is InChI=1S/C50H26N4O2/c51-27-29-21-22-35(50(40(29)28-52)54-43-18-8-3-13-32(43)37-26-49-39(24-45(37)54)34-15-5-10-20-47(34)56-49)30-11-1-6-16-41(30)53-42-17-7-2-12-31(42)36-25-48-38(23-44(36)53)33-14-4-9-19-46(33)55-48/h1-26H. The number of benzene rings is 8. The van der Waals surface area contributed by atoms with Gasteiger partial charge in [-0.25, -0.2) is 0 Å². The fraction of sp³-hybridized carbons (Fsp3) is 0. The molecule has 6 heteroatoms. The van der Waals surface area contributed by atoms with Crippen LogP contribution >= 0.6 is 0 Å². The monoisotopic (exact) mass is 714 g/mol. The van der Waals surface area contributed by atoms with E-state index < -0.39 is 0 Å². The van der Waals surface area contributed by atoms with E-state index in [1.54, 1.807) is 6.07 Å². The summed E-state index contributed by atoms with van der Waals surface area (Å²) in [5, 5.41) is 29.7. The van der Waals surface area contributed by atoms with Gasteiger partial charge < -0.3 is 18.0 Å². The topological polar surface area (TPSA) is 83.7 Å². The predicted molar refractivity (Wildman–Crippen MR) is 225 cm³/mol. The zero-order chi connectivity index (χ0) is 37.1. The number of hydrogen-bond donors (Lipinski definition) is 0. The Morgan fingerprint density at radius 1 is 0.375 bits per heavy atom. The molecule has 0 radical (unpaired) electrons. The van der Waals surface area contributed by atoms with Gasteiger partial charge in [-0.2, -0.15) is 10.5 Å². The Morgan fingerprint density at radius 2 is 0.893 bits per heavy atom. The fourth-order valence-corrected chi connectivity index (χ4v) is 9.02. The van der Waals surface area contributed by atoms with E-state index in [4.69, 9.17) is 8.83 Å². The first-order valence-electron chi connectivity index (χ1n) is 18.5. The lowest BCUT2D eigenvalue weighted by atomic mass is 9.95. The van der Waals surface area contributed by atoms with Crippen LogP contribution in [-0.2, 0) is 0 Å². The van der Waals surface area contributed by atoms with Crippen molar-refractivity contribution in [3.8, 4) is 34.6 Å². The van der Waals surface area contributed by atoms with Crippen LogP contribution in [0.5, 0.6) is 0 Å². The first-order chi connectivity index (χ1) is 27.7. The van der Waals surface area contributed by atoms with E-state index in [-0.39, 0.29) is 0 Å². The highest BCUT2D eigenvalue weighted by molar-refractivity contribution is 6.19. The summed E-state index contributed by atoms with van der Waals surface area (Å²) >= 11 is 0. The second-order valence-electron chi connectivity index (χ2n) is 14.3. The fourth-order valence-electron chi connectivity index (χ4n) is 9.02. The molecule has 258 valence electrons. The number of aromatic nitrogens is 2. The minimum atomic E-state index is 0.313. The van der Waals surface area contributed by atoms with Crippen LogP contribution in [-0.4, -0.2) is 9.13 Å². The largest absolute Gasteiger partial charge is 0.456 e. The molecule has 0 N–H and O–H groups in total. The molecule has 4 heterocycles. The van der Waals surface area contributed by atoms with Gasteiger partial charge in [0.15, 0.2) is 0 Å². The minimum Gasteiger partial charge on any atom is -0.456 e. The Bertz CT molecular complexity index is 3750. The highest BCUT2D eigenvalue weighted by Gasteiger charge is 2.25. The lowest BCUT2D eigenvalue weighted by Crippen LogP contribution is -2.05. The number of nitriles is 2. The number of nitrogens with zero attached hydrogens (tertiary/aromatic N) is 4. The first kappa shape index (κ1) is 30.4. The van der Waals surface area contributed by atoms with Crippen molar-refractivity contribution < 1.29 is 8.83 Å². The van der Waals surface area contributed by atoms with Gasteiger partial charge in [-0.05, 0) is 60.7 Å². The third kappa shape index (κ3) is 4.02. The molecule has 0 fully saturated rings. The first-order valence-corrected chi connectivity index (χ1v) is 18.5. The Morgan fingerprint density at radius 3 is 1.50 bits per heavy atom. The molecule has 0 unspecified atom stereocenters. The lowest BCUT2D eigenvalue weighted by molar-refractivity contribution is 0.669. The molecule has 0 bridgehead atoms. The summed E-state index contributed by atoms with van der Waals surface area (Å²) in [5.74, 6) is 0. The van der Waals surface area contributed by atoms with Crippen LogP contribution in [0.1, 0.15) is 11.1 Å². The van der Waals surface area contributed by atoms with Crippen molar-refractivity contribution in [3.05, 3.63) is 169 Å². The molecule has 12 rings (SSSR count). The van der Waals surface area contributed by atoms with Gasteiger partial charge in [0, 0.05) is 54.2 Å². The van der Waals surface area contributed by atoms with Gasteiger partial charge in [0.1, 0.15) is 34.5 Å². The minimum absolute atomic E-state index is 0.313. The Kier molecular flexibility index (Phi) is 6.10. The van der Waals surface area contributed by atoms with Crippen LogP contribution in [0.15, 0.2) is 167 Å². The zero-order valence-corrected chi connectivity index (χ0v) is 29.6. The highest BCUT2D eigenvalue weighted by Crippen LogP contribution is 2.45. The van der Waals surface area contributed by atoms with Crippen LogP contribution in [0.3, 0.4) is 0 Å². The Balaban J connectivity index is 1.21. The second kappa shape index (κ2) is 11.2. The molecule has 0 atom stereocenters. The van der Waals surface area contributed by atoms with Crippen molar-refractivity contribution in [1.82, 2.24) is 9.13 Å². The maximum absolute atomic E-state index is 11.0. The number of hydrogen-bond acceptors (Lipinski definition) is 4. The average Bonchev–Trinajstić information content (AvgIpc) is 3.98. The van der Waals surface area contributed by atoms with E-state index in [0.717, 1.165) is 104 Å². The summed E-state index contributed by atoms with van der Waals surface area (Å²) in [7, 11) is 0. The molecule has 0 amide bonds. The van der Waals surface area contributed by atoms with Crippen LogP contribution in [0.4, 0.5) is 0 Å². The molecule has 4 aromatic heterocycles.